The fraction of sp³-hybridized carbons (Fsp3) is 0.280. The van der Waals surface area contributed by atoms with Crippen LogP contribution in [0.15, 0.2) is 82.7 Å². The number of benzene rings is 1. The zero-order valence-corrected chi connectivity index (χ0v) is 19.6. The number of piperazine rings is 1. The van der Waals surface area contributed by atoms with E-state index in [2.05, 4.69) is 32.2 Å². The molecule has 1 aromatic carbocycles. The molecule has 0 N–H and O–H groups in total. The summed E-state index contributed by atoms with van der Waals surface area (Å²) in [6.45, 7) is 3.47. The van der Waals surface area contributed by atoms with Gasteiger partial charge in [0, 0.05) is 38.8 Å². The number of anilines is 1. The predicted octanol–water partition coefficient (Wildman–Crippen LogP) is 3.35. The van der Waals surface area contributed by atoms with Crippen molar-refractivity contribution in [1.82, 2.24) is 24.6 Å². The van der Waals surface area contributed by atoms with Gasteiger partial charge >= 0.3 is 0 Å². The third-order valence-corrected chi connectivity index (χ3v) is 6.77. The van der Waals surface area contributed by atoms with Crippen LogP contribution in [0.1, 0.15) is 17.1 Å². The second-order valence-corrected chi connectivity index (χ2v) is 9.01. The summed E-state index contributed by atoms with van der Waals surface area (Å²) in [6.07, 6.45) is 4.13. The van der Waals surface area contributed by atoms with E-state index < -0.39 is 0 Å². The van der Waals surface area contributed by atoms with E-state index in [-0.39, 0.29) is 5.91 Å². The van der Waals surface area contributed by atoms with Crippen LogP contribution in [0.2, 0.25) is 0 Å². The summed E-state index contributed by atoms with van der Waals surface area (Å²) in [4.78, 5) is 21.5. The molecule has 174 valence electrons. The van der Waals surface area contributed by atoms with Crippen LogP contribution in [-0.2, 0) is 17.8 Å². The Morgan fingerprint density at radius 1 is 0.941 bits per heavy atom. The minimum atomic E-state index is 0.114. The first-order chi connectivity index (χ1) is 16.8. The Bertz CT molecular complexity index is 1190. The lowest BCUT2D eigenvalue weighted by atomic mass is 10.1. The highest BCUT2D eigenvalue weighted by Gasteiger charge is 2.23. The van der Waals surface area contributed by atoms with Gasteiger partial charge in [0.15, 0.2) is 5.16 Å². The van der Waals surface area contributed by atoms with E-state index in [1.54, 1.807) is 12.5 Å². The molecule has 1 aliphatic heterocycles. The van der Waals surface area contributed by atoms with Crippen LogP contribution in [0, 0.1) is 0 Å². The summed E-state index contributed by atoms with van der Waals surface area (Å²) in [5, 5.41) is 9.57. The molecule has 1 aliphatic rings. The Morgan fingerprint density at radius 3 is 2.50 bits per heavy atom. The van der Waals surface area contributed by atoms with Crippen LogP contribution < -0.4 is 4.90 Å². The second-order valence-electron chi connectivity index (χ2n) is 8.07. The highest BCUT2D eigenvalue weighted by molar-refractivity contribution is 7.99. The van der Waals surface area contributed by atoms with E-state index in [1.807, 2.05) is 58.0 Å². The lowest BCUT2D eigenvalue weighted by Crippen LogP contribution is -2.49. The number of thioether (sulfide) groups is 1. The Kier molecular flexibility index (Phi) is 6.90. The van der Waals surface area contributed by atoms with Crippen molar-refractivity contribution in [3.8, 4) is 0 Å². The van der Waals surface area contributed by atoms with Crippen molar-refractivity contribution in [3.05, 3.63) is 90.3 Å². The van der Waals surface area contributed by atoms with Crippen molar-refractivity contribution < 1.29 is 9.21 Å². The molecule has 8 nitrogen and oxygen atoms in total. The van der Waals surface area contributed by atoms with Crippen molar-refractivity contribution >= 4 is 23.5 Å². The predicted molar refractivity (Wildman–Crippen MR) is 131 cm³/mol. The summed E-state index contributed by atoms with van der Waals surface area (Å²) < 4.78 is 7.61. The number of amides is 1. The first-order valence-electron chi connectivity index (χ1n) is 11.3. The van der Waals surface area contributed by atoms with E-state index >= 15 is 0 Å². The fourth-order valence-electron chi connectivity index (χ4n) is 4.00. The second kappa shape index (κ2) is 10.6. The molecule has 0 aliphatic carbocycles. The van der Waals surface area contributed by atoms with Crippen molar-refractivity contribution in [1.29, 1.82) is 0 Å². The Labute approximate surface area is 202 Å². The van der Waals surface area contributed by atoms with Gasteiger partial charge in [-0.25, -0.2) is 4.98 Å². The van der Waals surface area contributed by atoms with E-state index in [9.17, 15) is 4.79 Å². The number of nitrogens with zero attached hydrogens (tertiary/aromatic N) is 6. The van der Waals surface area contributed by atoms with Crippen molar-refractivity contribution in [2.45, 2.75) is 18.1 Å². The molecule has 4 aromatic rings. The van der Waals surface area contributed by atoms with Gasteiger partial charge in [0.05, 0.1) is 18.6 Å². The van der Waals surface area contributed by atoms with Crippen LogP contribution in [0.5, 0.6) is 0 Å². The zero-order valence-electron chi connectivity index (χ0n) is 18.8. The summed E-state index contributed by atoms with van der Waals surface area (Å²) in [5.41, 5.74) is 1.16. The molecule has 5 rings (SSSR count). The largest absolute Gasteiger partial charge is 0.467 e. The topological polar surface area (TPSA) is 80.3 Å². The molecule has 1 saturated heterocycles. The molecule has 3 aromatic heterocycles. The number of hydrogen-bond acceptors (Lipinski definition) is 7. The first kappa shape index (κ1) is 22.2. The number of hydrogen-bond donors (Lipinski definition) is 0. The molecule has 1 fully saturated rings. The average Bonchev–Trinajstić information content (AvgIpc) is 3.54. The third-order valence-electron chi connectivity index (χ3n) is 5.82. The van der Waals surface area contributed by atoms with Gasteiger partial charge in [-0.3, -0.25) is 9.36 Å². The number of rotatable bonds is 8. The number of carbonyl (C=O) groups excluding carboxylic acids is 1. The zero-order chi connectivity index (χ0) is 23.2. The van der Waals surface area contributed by atoms with Gasteiger partial charge in [0.1, 0.15) is 17.4 Å². The number of carbonyl (C=O) groups is 1. The van der Waals surface area contributed by atoms with Crippen LogP contribution in [0.25, 0.3) is 0 Å². The minimum absolute atomic E-state index is 0.114. The molecule has 0 radical (unpaired) electrons. The lowest BCUT2D eigenvalue weighted by Gasteiger charge is -2.35. The van der Waals surface area contributed by atoms with Gasteiger partial charge in [-0.15, -0.1) is 10.2 Å². The van der Waals surface area contributed by atoms with Crippen molar-refractivity contribution in [2.75, 3.05) is 36.8 Å². The average molecular weight is 475 g/mol. The van der Waals surface area contributed by atoms with Crippen molar-refractivity contribution in [3.63, 3.8) is 0 Å². The molecule has 4 heterocycles. The third kappa shape index (κ3) is 5.31. The standard InChI is InChI=1S/C25H26N6O2S/c32-24(30-14-12-29(13-15-30)22-10-4-5-11-26-22)19-34-25-28-27-23(17-20-7-2-1-3-8-20)31(25)18-21-9-6-16-33-21/h1-11,16H,12-15,17-19H2. The monoisotopic (exact) mass is 474 g/mol. The van der Waals surface area contributed by atoms with E-state index in [0.717, 1.165) is 41.2 Å². The molecular formula is C25H26N6O2S. The maximum atomic E-state index is 12.9. The summed E-state index contributed by atoms with van der Waals surface area (Å²) in [6, 6.07) is 19.9. The molecule has 0 bridgehead atoms. The Morgan fingerprint density at radius 2 is 1.76 bits per heavy atom. The quantitative estimate of drug-likeness (QED) is 0.362. The van der Waals surface area contributed by atoms with E-state index in [4.69, 9.17) is 4.42 Å². The molecule has 0 saturated carbocycles. The van der Waals surface area contributed by atoms with E-state index in [1.165, 1.54) is 11.8 Å². The molecule has 0 spiro atoms. The van der Waals surface area contributed by atoms with E-state index in [0.29, 0.717) is 31.8 Å². The lowest BCUT2D eigenvalue weighted by molar-refractivity contribution is -0.128. The first-order valence-corrected chi connectivity index (χ1v) is 12.3. The van der Waals surface area contributed by atoms with Crippen molar-refractivity contribution in [2.24, 2.45) is 0 Å². The Hall–Kier alpha value is -3.59. The SMILES string of the molecule is O=C(CSc1nnc(Cc2ccccc2)n1Cc1ccco1)N1CCN(c2ccccn2)CC1. The number of furan rings is 1. The molecule has 0 atom stereocenters. The fourth-order valence-corrected chi connectivity index (χ4v) is 4.85. The molecular weight excluding hydrogens is 448 g/mol. The molecule has 0 unspecified atom stereocenters. The molecule has 9 heteroatoms. The minimum Gasteiger partial charge on any atom is -0.467 e. The van der Waals surface area contributed by atoms with Gasteiger partial charge < -0.3 is 14.2 Å². The summed E-state index contributed by atoms with van der Waals surface area (Å²) in [5.74, 6) is 3.07. The maximum absolute atomic E-state index is 12.9. The maximum Gasteiger partial charge on any atom is 0.233 e. The summed E-state index contributed by atoms with van der Waals surface area (Å²) >= 11 is 1.43. The molecule has 34 heavy (non-hydrogen) atoms. The van der Waals surface area contributed by atoms with Crippen LogP contribution in [-0.4, -0.2) is 62.5 Å². The normalized spacial score (nSPS) is 13.9. The van der Waals surface area contributed by atoms with Gasteiger partial charge in [0.2, 0.25) is 5.91 Å². The number of pyridine rings is 1. The van der Waals surface area contributed by atoms with Crippen LogP contribution in [0.3, 0.4) is 0 Å². The van der Waals surface area contributed by atoms with Crippen LogP contribution >= 0.6 is 11.8 Å². The van der Waals surface area contributed by atoms with Crippen LogP contribution in [0.4, 0.5) is 5.82 Å². The number of aromatic nitrogens is 4. The van der Waals surface area contributed by atoms with Gasteiger partial charge in [-0.1, -0.05) is 48.2 Å². The van der Waals surface area contributed by atoms with Gasteiger partial charge in [0.25, 0.3) is 0 Å². The highest BCUT2D eigenvalue weighted by Crippen LogP contribution is 2.22. The smallest absolute Gasteiger partial charge is 0.233 e. The summed E-state index contributed by atoms with van der Waals surface area (Å²) in [7, 11) is 0. The molecule has 1 amide bonds. The highest BCUT2D eigenvalue weighted by atomic mass is 32.2. The van der Waals surface area contributed by atoms with Gasteiger partial charge in [-0.05, 0) is 29.8 Å². The Balaban J connectivity index is 1.23. The van der Waals surface area contributed by atoms with Gasteiger partial charge in [-0.2, -0.15) is 0 Å².